The van der Waals surface area contributed by atoms with Crippen molar-refractivity contribution in [3.8, 4) is 0 Å². The molecule has 0 amide bonds. The second-order valence-corrected chi connectivity index (χ2v) is 3.81. The Labute approximate surface area is 88.4 Å². The van der Waals surface area contributed by atoms with Crippen LogP contribution in [0.1, 0.15) is 37.5 Å². The van der Waals surface area contributed by atoms with Crippen LogP contribution < -0.4 is 5.32 Å². The van der Waals surface area contributed by atoms with E-state index in [0.717, 1.165) is 17.9 Å². The molecule has 15 heavy (non-hydrogen) atoms. The van der Waals surface area contributed by atoms with Gasteiger partial charge in [0.05, 0.1) is 12.2 Å². The average Bonchev–Trinajstić information content (AvgIpc) is 2.75. The Morgan fingerprint density at radius 3 is 2.87 bits per heavy atom. The van der Waals surface area contributed by atoms with E-state index in [1.807, 2.05) is 13.8 Å². The summed E-state index contributed by atoms with van der Waals surface area (Å²) >= 11 is 0. The van der Waals surface area contributed by atoms with Crippen LogP contribution in [0.25, 0.3) is 0 Å². The van der Waals surface area contributed by atoms with Crippen LogP contribution in [0.15, 0.2) is 22.4 Å². The Balaban J connectivity index is 2.01. The van der Waals surface area contributed by atoms with E-state index < -0.39 is 0 Å². The molecule has 80 valence electrons. The zero-order chi connectivity index (χ0) is 10.8. The Kier molecular flexibility index (Phi) is 2.58. The number of allylic oxidation sites excluding steroid dienone is 2. The van der Waals surface area contributed by atoms with Gasteiger partial charge in [0, 0.05) is 18.2 Å². The van der Waals surface area contributed by atoms with Gasteiger partial charge in [-0.3, -0.25) is 4.79 Å². The Morgan fingerprint density at radius 1 is 1.53 bits per heavy atom. The topological polar surface area (TPSA) is 55.1 Å². The molecular weight excluding hydrogens is 192 g/mol. The summed E-state index contributed by atoms with van der Waals surface area (Å²) in [5.41, 5.74) is 0.975. The monoisotopic (exact) mass is 206 g/mol. The molecule has 0 saturated heterocycles. The van der Waals surface area contributed by atoms with Crippen molar-refractivity contribution in [2.75, 3.05) is 0 Å². The third-order valence-corrected chi connectivity index (χ3v) is 2.39. The van der Waals surface area contributed by atoms with Crippen LogP contribution in [0.5, 0.6) is 0 Å². The van der Waals surface area contributed by atoms with Gasteiger partial charge in [-0.15, -0.1) is 0 Å². The molecule has 0 radical (unpaired) electrons. The molecule has 1 aliphatic carbocycles. The van der Waals surface area contributed by atoms with Crippen LogP contribution in [-0.2, 0) is 4.79 Å². The molecule has 1 N–H and O–H groups in total. The number of hydrogen-bond acceptors (Lipinski definition) is 4. The maximum atomic E-state index is 11.0. The summed E-state index contributed by atoms with van der Waals surface area (Å²) in [5.74, 6) is 1.65. The molecule has 1 aromatic heterocycles. The van der Waals surface area contributed by atoms with Crippen LogP contribution >= 0.6 is 0 Å². The van der Waals surface area contributed by atoms with Gasteiger partial charge in [-0.05, 0) is 20.3 Å². The van der Waals surface area contributed by atoms with Gasteiger partial charge in [-0.1, -0.05) is 0 Å². The third-order valence-electron chi connectivity index (χ3n) is 2.39. The molecular formula is C11H14N2O2. The summed E-state index contributed by atoms with van der Waals surface area (Å²) in [6.45, 7) is 3.83. The fourth-order valence-electron chi connectivity index (χ4n) is 1.62. The van der Waals surface area contributed by atoms with Crippen molar-refractivity contribution >= 4 is 5.78 Å². The smallest absolute Gasteiger partial charge is 0.216 e. The molecule has 1 aromatic rings. The molecule has 1 heterocycles. The zero-order valence-corrected chi connectivity index (χ0v) is 8.91. The number of hydrogen-bond donors (Lipinski definition) is 1. The number of rotatable bonds is 3. The largest absolute Gasteiger partial charge is 0.444 e. The molecule has 0 aromatic carbocycles. The SMILES string of the molecule is Cc1cnc(C(C)NC2=CC(=O)CC2)o1. The standard InChI is InChI=1S/C11H14N2O2/c1-7-6-12-11(15-7)8(2)13-9-3-4-10(14)5-9/h5-6,8,13H,3-4H2,1-2H3. The normalized spacial score (nSPS) is 17.7. The van der Waals surface area contributed by atoms with E-state index >= 15 is 0 Å². The number of oxazole rings is 1. The van der Waals surface area contributed by atoms with E-state index in [0.29, 0.717) is 12.3 Å². The molecule has 0 spiro atoms. The Hall–Kier alpha value is -1.58. The molecule has 1 atom stereocenters. The predicted octanol–water partition coefficient (Wildman–Crippen LogP) is 1.88. The van der Waals surface area contributed by atoms with Gasteiger partial charge >= 0.3 is 0 Å². The summed E-state index contributed by atoms with van der Waals surface area (Å²) in [7, 11) is 0. The minimum absolute atomic E-state index is 0.0100. The van der Waals surface area contributed by atoms with E-state index in [1.165, 1.54) is 0 Å². The first kappa shape index (κ1) is 9.96. The average molecular weight is 206 g/mol. The van der Waals surface area contributed by atoms with E-state index in [1.54, 1.807) is 12.3 Å². The summed E-state index contributed by atoms with van der Waals surface area (Å²) in [6.07, 6.45) is 4.76. The lowest BCUT2D eigenvalue weighted by atomic mass is 10.3. The lowest BCUT2D eigenvalue weighted by Gasteiger charge is -2.11. The number of aromatic nitrogens is 1. The number of ketones is 1. The minimum Gasteiger partial charge on any atom is -0.444 e. The van der Waals surface area contributed by atoms with Crippen molar-refractivity contribution in [2.24, 2.45) is 0 Å². The second kappa shape index (κ2) is 3.88. The van der Waals surface area contributed by atoms with Crippen molar-refractivity contribution in [1.29, 1.82) is 0 Å². The Morgan fingerprint density at radius 2 is 2.33 bits per heavy atom. The van der Waals surface area contributed by atoms with Gasteiger partial charge in [-0.25, -0.2) is 4.98 Å². The highest BCUT2D eigenvalue weighted by Gasteiger charge is 2.16. The van der Waals surface area contributed by atoms with Gasteiger partial charge in [0.15, 0.2) is 5.78 Å². The number of aryl methyl sites for hydroxylation is 1. The van der Waals surface area contributed by atoms with E-state index in [4.69, 9.17) is 4.42 Å². The molecule has 0 saturated carbocycles. The first-order chi connectivity index (χ1) is 7.15. The second-order valence-electron chi connectivity index (χ2n) is 3.81. The number of carbonyl (C=O) groups is 1. The van der Waals surface area contributed by atoms with Crippen LogP contribution in [0.3, 0.4) is 0 Å². The highest BCUT2D eigenvalue weighted by molar-refractivity contribution is 5.92. The van der Waals surface area contributed by atoms with E-state index in [2.05, 4.69) is 10.3 Å². The van der Waals surface area contributed by atoms with Crippen LogP contribution in [-0.4, -0.2) is 10.8 Å². The summed E-state index contributed by atoms with van der Waals surface area (Å²) in [4.78, 5) is 15.2. The van der Waals surface area contributed by atoms with Crippen molar-refractivity contribution < 1.29 is 9.21 Å². The molecule has 0 fully saturated rings. The Bertz CT molecular complexity index is 406. The number of nitrogens with zero attached hydrogens (tertiary/aromatic N) is 1. The molecule has 0 aliphatic heterocycles. The number of nitrogens with one attached hydrogen (secondary N) is 1. The molecule has 4 heteroatoms. The first-order valence-corrected chi connectivity index (χ1v) is 5.07. The zero-order valence-electron chi connectivity index (χ0n) is 8.91. The fourth-order valence-corrected chi connectivity index (χ4v) is 1.62. The maximum Gasteiger partial charge on any atom is 0.216 e. The quantitative estimate of drug-likeness (QED) is 0.820. The highest BCUT2D eigenvalue weighted by Crippen LogP contribution is 2.18. The molecule has 4 nitrogen and oxygen atoms in total. The van der Waals surface area contributed by atoms with E-state index in [-0.39, 0.29) is 11.8 Å². The lowest BCUT2D eigenvalue weighted by molar-refractivity contribution is -0.114. The van der Waals surface area contributed by atoms with Crippen LogP contribution in [0.2, 0.25) is 0 Å². The van der Waals surface area contributed by atoms with Crippen molar-refractivity contribution in [3.05, 3.63) is 29.6 Å². The number of carbonyl (C=O) groups excluding carboxylic acids is 1. The third kappa shape index (κ3) is 2.26. The van der Waals surface area contributed by atoms with Crippen molar-refractivity contribution in [3.63, 3.8) is 0 Å². The van der Waals surface area contributed by atoms with Crippen LogP contribution in [0.4, 0.5) is 0 Å². The molecule has 1 unspecified atom stereocenters. The predicted molar refractivity (Wildman–Crippen MR) is 55.1 cm³/mol. The van der Waals surface area contributed by atoms with Crippen molar-refractivity contribution in [2.45, 2.75) is 32.7 Å². The lowest BCUT2D eigenvalue weighted by Crippen LogP contribution is -2.17. The van der Waals surface area contributed by atoms with Gasteiger partial charge in [0.1, 0.15) is 5.76 Å². The van der Waals surface area contributed by atoms with Crippen molar-refractivity contribution in [1.82, 2.24) is 10.3 Å². The fraction of sp³-hybridized carbons (Fsp3) is 0.455. The maximum absolute atomic E-state index is 11.0. The van der Waals surface area contributed by atoms with Gasteiger partial charge < -0.3 is 9.73 Å². The highest BCUT2D eigenvalue weighted by atomic mass is 16.4. The van der Waals surface area contributed by atoms with Crippen LogP contribution in [0, 0.1) is 6.92 Å². The molecule has 1 aliphatic rings. The summed E-state index contributed by atoms with van der Waals surface area (Å²) < 4.78 is 5.40. The minimum atomic E-state index is 0.0100. The summed E-state index contributed by atoms with van der Waals surface area (Å²) in [6, 6.07) is 0.0100. The summed E-state index contributed by atoms with van der Waals surface area (Å²) in [5, 5.41) is 3.22. The molecule has 0 bridgehead atoms. The van der Waals surface area contributed by atoms with E-state index in [9.17, 15) is 4.79 Å². The van der Waals surface area contributed by atoms with Gasteiger partial charge in [0.2, 0.25) is 5.89 Å². The van der Waals surface area contributed by atoms with Gasteiger partial charge in [-0.2, -0.15) is 0 Å². The molecule has 2 rings (SSSR count). The first-order valence-electron chi connectivity index (χ1n) is 5.07. The van der Waals surface area contributed by atoms with Gasteiger partial charge in [0.25, 0.3) is 0 Å².